The molecule has 2 fully saturated rings. The number of amides is 6. The van der Waals surface area contributed by atoms with Crippen molar-refractivity contribution in [1.29, 1.82) is 0 Å². The first-order chi connectivity index (χ1) is 33.0. The summed E-state index contributed by atoms with van der Waals surface area (Å²) in [5, 5.41) is 16.7. The van der Waals surface area contributed by atoms with Crippen molar-refractivity contribution in [2.45, 2.75) is 108 Å². The molecule has 4 aromatic rings. The van der Waals surface area contributed by atoms with Gasteiger partial charge in [0, 0.05) is 42.0 Å². The van der Waals surface area contributed by atoms with Gasteiger partial charge in [0.2, 0.25) is 23.4 Å². The largest absolute Gasteiger partial charge is 0.497 e. The highest BCUT2D eigenvalue weighted by Crippen LogP contribution is 2.42. The van der Waals surface area contributed by atoms with Gasteiger partial charge < -0.3 is 41.4 Å². The van der Waals surface area contributed by atoms with Gasteiger partial charge in [0.05, 0.1) is 14.2 Å². The van der Waals surface area contributed by atoms with E-state index in [-0.39, 0.29) is 48.3 Å². The average molecular weight is 943 g/mol. The molecule has 6 atom stereocenters. The van der Waals surface area contributed by atoms with E-state index in [1.54, 1.807) is 105 Å². The van der Waals surface area contributed by atoms with Crippen molar-refractivity contribution in [3.05, 3.63) is 131 Å². The fraction of sp³-hybridized carbons (Fsp3) is 0.396. The molecule has 69 heavy (non-hydrogen) atoms. The minimum absolute atomic E-state index is 0.00256. The van der Waals surface area contributed by atoms with Crippen LogP contribution in [0.4, 0.5) is 0 Å². The highest BCUT2D eigenvalue weighted by atomic mass is 16.5. The second kappa shape index (κ2) is 23.6. The first-order valence-corrected chi connectivity index (χ1v) is 23.4. The third-order valence-corrected chi connectivity index (χ3v) is 12.1. The van der Waals surface area contributed by atoms with Crippen LogP contribution in [0.3, 0.4) is 0 Å². The average Bonchev–Trinajstić information content (AvgIpc) is 4.30. The number of ketones is 2. The zero-order valence-corrected chi connectivity index (χ0v) is 39.8. The smallest absolute Gasteiger partial charge is 0.289 e. The predicted octanol–water partition coefficient (Wildman–Crippen LogP) is 4.15. The van der Waals surface area contributed by atoms with Crippen molar-refractivity contribution in [2.75, 3.05) is 14.2 Å². The fourth-order valence-electron chi connectivity index (χ4n) is 8.07. The lowest BCUT2D eigenvalue weighted by atomic mass is 9.94. The molecule has 2 aliphatic carbocycles. The van der Waals surface area contributed by atoms with E-state index < -0.39 is 83.1 Å². The van der Waals surface area contributed by atoms with Gasteiger partial charge in [-0.05, 0) is 90.6 Å². The summed E-state index contributed by atoms with van der Waals surface area (Å²) in [4.78, 5) is 110. The zero-order chi connectivity index (χ0) is 49.8. The molecule has 6 amide bonds. The number of hydrogen-bond acceptors (Lipinski definition) is 10. The van der Waals surface area contributed by atoms with Gasteiger partial charge in [-0.1, -0.05) is 94.4 Å². The van der Waals surface area contributed by atoms with Crippen molar-refractivity contribution in [3.63, 3.8) is 0 Å². The normalized spacial score (nSPS) is 16.7. The molecule has 2 saturated carbocycles. The van der Waals surface area contributed by atoms with Crippen molar-refractivity contribution in [2.24, 2.45) is 11.8 Å². The Bertz CT molecular complexity index is 2520. The Kier molecular flexibility index (Phi) is 17.4. The van der Waals surface area contributed by atoms with E-state index in [1.165, 1.54) is 14.2 Å². The molecule has 2 aliphatic rings. The Labute approximate surface area is 402 Å². The van der Waals surface area contributed by atoms with E-state index in [0.717, 1.165) is 18.4 Å². The molecule has 0 aliphatic heterocycles. The van der Waals surface area contributed by atoms with Crippen LogP contribution in [0.15, 0.2) is 103 Å². The molecule has 0 spiro atoms. The van der Waals surface area contributed by atoms with Crippen LogP contribution in [0.2, 0.25) is 0 Å². The van der Waals surface area contributed by atoms with Crippen LogP contribution in [0.1, 0.15) is 96.7 Å². The minimum Gasteiger partial charge on any atom is -0.497 e. The molecule has 0 aromatic heterocycles. The number of rotatable bonds is 24. The summed E-state index contributed by atoms with van der Waals surface area (Å²) in [6.07, 6.45) is 2.09. The number of methoxy groups -OCH3 is 2. The Morgan fingerprint density at radius 3 is 1.71 bits per heavy atom. The number of carbonyl (C=O) groups excluding carboxylic acids is 8. The summed E-state index contributed by atoms with van der Waals surface area (Å²) in [7, 11) is 2.96. The van der Waals surface area contributed by atoms with E-state index in [2.05, 4.69) is 31.9 Å². The molecule has 6 rings (SSSR count). The van der Waals surface area contributed by atoms with Crippen LogP contribution in [0.5, 0.6) is 11.5 Å². The van der Waals surface area contributed by atoms with Gasteiger partial charge in [-0.3, -0.25) is 38.4 Å². The van der Waals surface area contributed by atoms with Gasteiger partial charge in [0.15, 0.2) is 0 Å². The molecular weight excluding hydrogens is 881 g/mol. The van der Waals surface area contributed by atoms with E-state index in [0.29, 0.717) is 29.0 Å². The standard InChI is InChI=1S/C53H62N6O10/c1-30(2)24-44(58-48(62)34-17-12-19-37(26-34)68-5)50(64)56-43(47(61)52(66)54-36-22-23-36)28-33-16-10-11-21-39(33)40-29-41(40)55-53(67)46(60)42(25-32-14-8-7-9-15-32)57-51(65)45(31(3)4)59-49(63)35-18-13-20-38(27-35)69-6/h7-21,26-27,30-31,36,40-45H,22-25,28-29H2,1-6H3,(H,54,66)(H,55,67)(H,56,64)(H,57,65)(H,58,62)(H,59,63)/t40?,41?,42?,43?,44-,45-/m0/s1. The van der Waals surface area contributed by atoms with Gasteiger partial charge in [0.1, 0.15) is 35.7 Å². The van der Waals surface area contributed by atoms with Crippen LogP contribution in [0, 0.1) is 11.8 Å². The maximum Gasteiger partial charge on any atom is 0.289 e. The summed E-state index contributed by atoms with van der Waals surface area (Å²) >= 11 is 0. The molecule has 4 unspecified atom stereocenters. The summed E-state index contributed by atoms with van der Waals surface area (Å²) in [5.74, 6) is -5.56. The van der Waals surface area contributed by atoms with Gasteiger partial charge in [0.25, 0.3) is 23.6 Å². The SMILES string of the molecule is COc1cccc(C(=O)N[C@@H](CC(C)C)C(=O)NC(Cc2ccccc2C2CC2NC(=O)C(=O)C(Cc2ccccc2)NC(=O)[C@@H](NC(=O)c2cccc(OC)c2)C(C)C)C(=O)C(=O)NC2CC2)c1. The maximum absolute atomic E-state index is 14.1. The Morgan fingerprint density at radius 2 is 1.13 bits per heavy atom. The molecular formula is C53H62N6O10. The summed E-state index contributed by atoms with van der Waals surface area (Å²) in [5.41, 5.74) is 2.62. The van der Waals surface area contributed by atoms with Gasteiger partial charge in [-0.25, -0.2) is 0 Å². The molecule has 0 radical (unpaired) electrons. The first kappa shape index (κ1) is 51.0. The number of carbonyl (C=O) groups is 8. The Hall–Kier alpha value is -7.36. The molecule has 364 valence electrons. The number of benzene rings is 4. The lowest BCUT2D eigenvalue weighted by molar-refractivity contribution is -0.140. The number of Topliss-reactive ketones (excluding diaryl/α,β-unsaturated/α-hetero) is 2. The number of hydrogen-bond donors (Lipinski definition) is 6. The molecule has 16 heteroatoms. The number of nitrogens with one attached hydrogen (secondary N) is 6. The zero-order valence-electron chi connectivity index (χ0n) is 39.8. The molecule has 16 nitrogen and oxygen atoms in total. The second-order valence-electron chi connectivity index (χ2n) is 18.4. The van der Waals surface area contributed by atoms with Gasteiger partial charge in [-0.2, -0.15) is 0 Å². The van der Waals surface area contributed by atoms with Crippen molar-refractivity contribution in [3.8, 4) is 11.5 Å². The van der Waals surface area contributed by atoms with Crippen LogP contribution < -0.4 is 41.4 Å². The van der Waals surface area contributed by atoms with E-state index in [9.17, 15) is 38.4 Å². The van der Waals surface area contributed by atoms with Crippen molar-refractivity contribution >= 4 is 47.0 Å². The third-order valence-electron chi connectivity index (χ3n) is 12.1. The van der Waals surface area contributed by atoms with Crippen molar-refractivity contribution < 1.29 is 47.8 Å². The van der Waals surface area contributed by atoms with Crippen LogP contribution in [-0.2, 0) is 41.6 Å². The maximum atomic E-state index is 14.1. The van der Waals surface area contributed by atoms with Crippen LogP contribution in [0.25, 0.3) is 0 Å². The van der Waals surface area contributed by atoms with E-state index >= 15 is 0 Å². The lowest BCUT2D eigenvalue weighted by Gasteiger charge is -2.25. The quantitative estimate of drug-likeness (QED) is 0.0551. The highest BCUT2D eigenvalue weighted by molar-refractivity contribution is 6.39. The van der Waals surface area contributed by atoms with Crippen molar-refractivity contribution in [1.82, 2.24) is 31.9 Å². The second-order valence-corrected chi connectivity index (χ2v) is 18.4. The predicted molar refractivity (Wildman–Crippen MR) is 257 cm³/mol. The van der Waals surface area contributed by atoms with E-state index in [4.69, 9.17) is 9.47 Å². The number of ether oxygens (including phenoxy) is 2. The summed E-state index contributed by atoms with van der Waals surface area (Å²) in [6.45, 7) is 7.30. The molecule has 0 heterocycles. The first-order valence-electron chi connectivity index (χ1n) is 23.4. The monoisotopic (exact) mass is 942 g/mol. The van der Waals surface area contributed by atoms with Crippen LogP contribution in [-0.4, -0.2) is 97.5 Å². The Balaban J connectivity index is 1.16. The molecule has 6 N–H and O–H groups in total. The molecule has 0 bridgehead atoms. The molecule has 0 saturated heterocycles. The fourth-order valence-corrected chi connectivity index (χ4v) is 8.07. The summed E-state index contributed by atoms with van der Waals surface area (Å²) < 4.78 is 10.5. The summed E-state index contributed by atoms with van der Waals surface area (Å²) in [6, 6.07) is 23.8. The third kappa shape index (κ3) is 14.3. The molecule has 4 aromatic carbocycles. The topological polar surface area (TPSA) is 227 Å². The van der Waals surface area contributed by atoms with Gasteiger partial charge in [-0.15, -0.1) is 0 Å². The van der Waals surface area contributed by atoms with Crippen LogP contribution >= 0.6 is 0 Å². The highest BCUT2D eigenvalue weighted by Gasteiger charge is 2.43. The minimum atomic E-state index is -1.31. The van der Waals surface area contributed by atoms with Gasteiger partial charge >= 0.3 is 0 Å². The van der Waals surface area contributed by atoms with E-state index in [1.807, 2.05) is 26.0 Å². The Morgan fingerprint density at radius 1 is 0.580 bits per heavy atom. The lowest BCUT2D eigenvalue weighted by Crippen LogP contribution is -2.56.